The second-order valence-electron chi connectivity index (χ2n) is 11.0. The first-order chi connectivity index (χ1) is 20.6. The van der Waals surface area contributed by atoms with Gasteiger partial charge in [-0.25, -0.2) is 0 Å². The van der Waals surface area contributed by atoms with Gasteiger partial charge in [-0.15, -0.1) is 0 Å². The number of hydrogen-bond acceptors (Lipinski definition) is 8. The summed E-state index contributed by atoms with van der Waals surface area (Å²) in [6.45, 7) is 8.97. The first-order valence-corrected chi connectivity index (χ1v) is 20.8. The molecule has 0 aromatic rings. The first-order valence-electron chi connectivity index (χ1n) is 16.8. The number of hydrogen-bond donors (Lipinski definition) is 0. The Hall–Kier alpha value is -1.58. The quantitative estimate of drug-likeness (QED) is 0.0419. The van der Waals surface area contributed by atoms with Crippen LogP contribution in [0.2, 0.25) is 8.87 Å². The number of ketones is 4. The summed E-state index contributed by atoms with van der Waals surface area (Å²) in [5.41, 5.74) is 0. The first kappa shape index (κ1) is 45.8. The monoisotopic (exact) mass is 716 g/mol. The van der Waals surface area contributed by atoms with Crippen LogP contribution in [0.5, 0.6) is 0 Å². The van der Waals surface area contributed by atoms with Crippen LogP contribution in [0, 0.1) is 0 Å². The van der Waals surface area contributed by atoms with Crippen molar-refractivity contribution in [2.24, 2.45) is 0 Å². The molecule has 0 unspecified atom stereocenters. The van der Waals surface area contributed by atoms with Crippen molar-refractivity contribution in [3.05, 3.63) is 0 Å². The molecule has 0 aliphatic carbocycles. The van der Waals surface area contributed by atoms with Crippen LogP contribution in [0.15, 0.2) is 0 Å². The molecule has 0 N–H and O–H groups in total. The van der Waals surface area contributed by atoms with Crippen molar-refractivity contribution >= 4 is 56.2 Å². The van der Waals surface area contributed by atoms with Crippen molar-refractivity contribution in [3.8, 4) is 0 Å². The topological polar surface area (TPSA) is 149 Å². The zero-order valence-electron chi connectivity index (χ0n) is 27.7. The van der Waals surface area contributed by atoms with E-state index in [1.165, 1.54) is 85.9 Å². The summed E-state index contributed by atoms with van der Waals surface area (Å²) >= 11 is 0.218. The van der Waals surface area contributed by atoms with Crippen LogP contribution in [0.4, 0.5) is 0 Å². The molecule has 0 heterocycles. The average Bonchev–Trinajstić information content (AvgIpc) is 2.96. The van der Waals surface area contributed by atoms with Crippen LogP contribution in [0.25, 0.3) is 0 Å². The molecule has 0 saturated carbocycles. The number of rotatable bonds is 28. The maximum absolute atomic E-state index is 11.3. The van der Waals surface area contributed by atoms with E-state index in [2.05, 4.69) is 27.7 Å². The fourth-order valence-corrected chi connectivity index (χ4v) is 5.62. The molecule has 43 heavy (non-hydrogen) atoms. The third-order valence-corrected chi connectivity index (χ3v) is 9.64. The number of carboxylic acids is 2. The Balaban J connectivity index is -0.000000642. The van der Waals surface area contributed by atoms with E-state index in [0.717, 1.165) is 38.5 Å². The van der Waals surface area contributed by atoms with Crippen molar-refractivity contribution in [3.63, 3.8) is 0 Å². The van der Waals surface area contributed by atoms with Gasteiger partial charge in [-0.3, -0.25) is 19.2 Å². The Kier molecular flexibility index (Phi) is 39.0. The fourth-order valence-electron chi connectivity index (χ4n) is 4.19. The molecule has 0 saturated heterocycles. The van der Waals surface area contributed by atoms with Gasteiger partial charge in [0.05, 0.1) is 12.8 Å². The van der Waals surface area contributed by atoms with E-state index < -0.39 is 36.3 Å². The molecule has 0 aliphatic heterocycles. The van der Waals surface area contributed by atoms with Gasteiger partial charge in [0.15, 0.2) is 11.6 Å². The number of carbonyl (C=O) groups excluding carboxylic acids is 6. The summed E-state index contributed by atoms with van der Waals surface area (Å²) in [7, 11) is 0. The molecule has 9 heteroatoms. The third-order valence-electron chi connectivity index (χ3n) is 6.79. The van der Waals surface area contributed by atoms with Gasteiger partial charge in [-0.2, -0.15) is 0 Å². The summed E-state index contributed by atoms with van der Waals surface area (Å²) < 4.78 is 3.03. The molecule has 0 rings (SSSR count). The van der Waals surface area contributed by atoms with Crippen molar-refractivity contribution < 1.29 is 39.0 Å². The van der Waals surface area contributed by atoms with Gasteiger partial charge in [0.2, 0.25) is 0 Å². The van der Waals surface area contributed by atoms with E-state index in [9.17, 15) is 39.0 Å². The van der Waals surface area contributed by atoms with E-state index >= 15 is 0 Å². The minimum absolute atomic E-state index is 0.218. The third kappa shape index (κ3) is 40.4. The molecule has 248 valence electrons. The van der Waals surface area contributed by atoms with Gasteiger partial charge in [-0.1, -0.05) is 117 Å². The number of Topliss-reactive ketones (excluding diaryl/α,β-unsaturated/α-hetero) is 4. The fraction of sp³-hybridized carbons (Fsp3) is 0.824. The predicted octanol–water partition coefficient (Wildman–Crippen LogP) is 5.94. The van der Waals surface area contributed by atoms with Crippen LogP contribution in [0.1, 0.15) is 169 Å². The number of aliphatic carboxylic acids is 2. The van der Waals surface area contributed by atoms with Gasteiger partial charge in [0, 0.05) is 12.8 Å². The second-order valence-corrected chi connectivity index (χ2v) is 16.4. The minimum atomic E-state index is -1.76. The zero-order chi connectivity index (χ0) is 33.1. The Labute approximate surface area is 272 Å². The van der Waals surface area contributed by atoms with Crippen molar-refractivity contribution in [2.75, 3.05) is 0 Å². The molecule has 0 fully saturated rings. The van der Waals surface area contributed by atoms with E-state index in [-0.39, 0.29) is 32.7 Å². The maximum atomic E-state index is 11.3. The van der Waals surface area contributed by atoms with Crippen LogP contribution in [-0.4, -0.2) is 56.2 Å². The molecule has 0 amide bonds. The molecule has 8 nitrogen and oxygen atoms in total. The number of carbonyl (C=O) groups is 6. The summed E-state index contributed by atoms with van der Waals surface area (Å²) in [5, 5.41) is 20.3. The van der Waals surface area contributed by atoms with E-state index in [1.54, 1.807) is 0 Å². The molecule has 0 atom stereocenters. The zero-order valence-corrected chi connectivity index (χ0v) is 30.6. The predicted molar refractivity (Wildman–Crippen MR) is 170 cm³/mol. The molecule has 0 radical (unpaired) electrons. The van der Waals surface area contributed by atoms with Crippen LogP contribution >= 0.6 is 0 Å². The van der Waals surface area contributed by atoms with Gasteiger partial charge in [0.25, 0.3) is 0 Å². The van der Waals surface area contributed by atoms with Gasteiger partial charge in [0.1, 0.15) is 23.5 Å². The van der Waals surface area contributed by atoms with Crippen LogP contribution in [-0.2, 0) is 28.8 Å². The Morgan fingerprint density at radius 2 is 0.674 bits per heavy atom. The standard InChI is InChI=1S/2C15H26O4.2C2H5.Sn/c2*1-2-3-4-5-6-7-8-9-10-11-13(16)12-14(17)15(18)19;2*1-2;/h2*2-12H2,1H3,(H,18,19);2*1H2,2H3;/q;;;;+2/p-2. The molecular formula is C34H60O8Sn. The van der Waals surface area contributed by atoms with Crippen LogP contribution < -0.4 is 10.2 Å². The van der Waals surface area contributed by atoms with E-state index in [1.807, 2.05) is 0 Å². The summed E-state index contributed by atoms with van der Waals surface area (Å²) in [5.74, 6) is -6.34. The summed E-state index contributed by atoms with van der Waals surface area (Å²) in [6.07, 6.45) is 20.4. The van der Waals surface area contributed by atoms with Crippen LogP contribution in [0.3, 0.4) is 0 Å². The Morgan fingerprint density at radius 3 is 0.884 bits per heavy atom. The van der Waals surface area contributed by atoms with Crippen molar-refractivity contribution in [2.45, 2.75) is 178 Å². The summed E-state index contributed by atoms with van der Waals surface area (Å²) in [6, 6.07) is 0. The molecule has 0 bridgehead atoms. The summed E-state index contributed by atoms with van der Waals surface area (Å²) in [4.78, 5) is 64.3. The Morgan fingerprint density at radius 1 is 0.419 bits per heavy atom. The SMILES string of the molecule is CCCCCCCCCCCC(=O)CC(=O)C(=O)[O-].CCCCCCCCCCCC(=O)CC(=O)C(=O)[O-].C[CH2][Sn+2][CH2]C. The number of carboxylic acid groups (broad SMARTS) is 2. The molecule has 0 aromatic heterocycles. The Bertz CT molecular complexity index is 676. The average molecular weight is 716 g/mol. The van der Waals surface area contributed by atoms with E-state index in [4.69, 9.17) is 0 Å². The molecule has 0 aliphatic rings. The number of unbranched alkanes of at least 4 members (excludes halogenated alkanes) is 16. The molecule has 0 aromatic carbocycles. The van der Waals surface area contributed by atoms with Gasteiger partial charge in [-0.05, 0) is 12.8 Å². The van der Waals surface area contributed by atoms with Crippen molar-refractivity contribution in [1.29, 1.82) is 0 Å². The van der Waals surface area contributed by atoms with Gasteiger partial charge >= 0.3 is 43.9 Å². The van der Waals surface area contributed by atoms with Crippen molar-refractivity contribution in [1.82, 2.24) is 0 Å². The van der Waals surface area contributed by atoms with E-state index in [0.29, 0.717) is 12.8 Å². The van der Waals surface area contributed by atoms with Gasteiger partial charge < -0.3 is 19.8 Å². The normalized spacial score (nSPS) is 9.95. The second kappa shape index (κ2) is 36.6. The molecule has 0 spiro atoms. The molecular weight excluding hydrogens is 655 g/mol.